The predicted molar refractivity (Wildman–Crippen MR) is 161 cm³/mol. The van der Waals surface area contributed by atoms with Crippen molar-refractivity contribution in [2.24, 2.45) is 4.99 Å². The van der Waals surface area contributed by atoms with E-state index in [-0.39, 0.29) is 4.90 Å². The predicted octanol–water partition coefficient (Wildman–Crippen LogP) is 5.85. The largest absolute Gasteiger partial charge is 0.497 e. The van der Waals surface area contributed by atoms with Crippen LogP contribution in [0.4, 0.5) is 17.1 Å². The minimum Gasteiger partial charge on any atom is -0.497 e. The van der Waals surface area contributed by atoms with Gasteiger partial charge in [-0.2, -0.15) is 0 Å². The molecule has 1 atom stereocenters. The molecule has 1 aromatic heterocycles. The summed E-state index contributed by atoms with van der Waals surface area (Å²) in [4.78, 5) is 11.5. The summed E-state index contributed by atoms with van der Waals surface area (Å²) in [7, 11) is -2.07. The lowest BCUT2D eigenvalue weighted by molar-refractivity contribution is 0.414. The number of methoxy groups -OCH3 is 1. The van der Waals surface area contributed by atoms with Gasteiger partial charge in [0.1, 0.15) is 11.6 Å². The molecule has 0 saturated carbocycles. The van der Waals surface area contributed by atoms with Crippen molar-refractivity contribution in [2.75, 3.05) is 30.7 Å². The first-order valence-corrected chi connectivity index (χ1v) is 14.4. The summed E-state index contributed by atoms with van der Waals surface area (Å²) in [5, 5.41) is 0. The molecule has 4 aromatic rings. The molecule has 0 aliphatic carbocycles. The molecule has 0 spiro atoms. The van der Waals surface area contributed by atoms with Crippen LogP contribution < -0.4 is 15.2 Å². The first-order chi connectivity index (χ1) is 19.4. The Morgan fingerprint density at radius 1 is 1.07 bits per heavy atom. The number of hydrogen-bond donors (Lipinski definition) is 2. The molecular weight excluding hydrogens is 522 g/mol. The van der Waals surface area contributed by atoms with E-state index in [9.17, 15) is 8.42 Å². The van der Waals surface area contributed by atoms with Crippen molar-refractivity contribution in [1.82, 2.24) is 9.88 Å². The van der Waals surface area contributed by atoms with E-state index in [1.807, 2.05) is 24.3 Å². The highest BCUT2D eigenvalue weighted by Gasteiger charge is 2.25. The number of nitrogens with two attached hydrogens (primary N) is 1. The Morgan fingerprint density at radius 3 is 2.58 bits per heavy atom. The molecule has 3 N–H and O–H groups in total. The number of pyridine rings is 1. The van der Waals surface area contributed by atoms with Gasteiger partial charge in [0.25, 0.3) is 10.0 Å². The number of benzene rings is 3. The number of sulfonamides is 1. The molecule has 5 rings (SSSR count). The molecule has 2 heterocycles. The summed E-state index contributed by atoms with van der Waals surface area (Å²) < 4.78 is 33.4. The van der Waals surface area contributed by atoms with E-state index in [1.54, 1.807) is 61.8 Å². The number of nitrogen functional groups attached to an aromatic ring is 1. The number of nitrogens with zero attached hydrogens (tertiary/aromatic N) is 3. The Balaban J connectivity index is 1.36. The summed E-state index contributed by atoms with van der Waals surface area (Å²) in [5.74, 6) is 1.98. The van der Waals surface area contributed by atoms with E-state index in [4.69, 9.17) is 15.5 Å². The van der Waals surface area contributed by atoms with Gasteiger partial charge in [0, 0.05) is 30.8 Å². The van der Waals surface area contributed by atoms with Crippen LogP contribution in [0.2, 0.25) is 0 Å². The van der Waals surface area contributed by atoms with Gasteiger partial charge in [-0.1, -0.05) is 43.0 Å². The molecule has 1 saturated heterocycles. The molecule has 1 unspecified atom stereocenters. The summed E-state index contributed by atoms with van der Waals surface area (Å²) in [6.45, 7) is 5.68. The smallest absolute Gasteiger partial charge is 0.261 e. The topological polar surface area (TPSA) is 110 Å². The third-order valence-corrected chi connectivity index (χ3v) is 8.32. The Kier molecular flexibility index (Phi) is 7.84. The zero-order chi connectivity index (χ0) is 28.1. The minimum absolute atomic E-state index is 0.178. The lowest BCUT2D eigenvalue weighted by Crippen LogP contribution is -2.26. The monoisotopic (exact) mass is 553 g/mol. The van der Waals surface area contributed by atoms with Crippen LogP contribution in [0.15, 0.2) is 114 Å². The third-order valence-electron chi connectivity index (χ3n) is 6.92. The number of nitrogens with one attached hydrogen (secondary N) is 1. The fourth-order valence-electron chi connectivity index (χ4n) is 4.77. The summed E-state index contributed by atoms with van der Waals surface area (Å²) in [6.07, 6.45) is 5.91. The van der Waals surface area contributed by atoms with Gasteiger partial charge in [0.05, 0.1) is 35.3 Å². The lowest BCUT2D eigenvalue weighted by Gasteiger charge is -2.19. The average molecular weight is 554 g/mol. The van der Waals surface area contributed by atoms with Crippen molar-refractivity contribution in [2.45, 2.75) is 17.2 Å². The van der Waals surface area contributed by atoms with Crippen molar-refractivity contribution >= 4 is 32.9 Å². The maximum atomic E-state index is 12.8. The number of amidine groups is 1. The molecule has 1 aliphatic heterocycles. The van der Waals surface area contributed by atoms with Gasteiger partial charge < -0.3 is 15.4 Å². The van der Waals surface area contributed by atoms with Crippen LogP contribution in [-0.2, 0) is 10.0 Å². The van der Waals surface area contributed by atoms with Gasteiger partial charge in [-0.05, 0) is 66.1 Å². The molecule has 0 amide bonds. The van der Waals surface area contributed by atoms with E-state index in [0.29, 0.717) is 23.0 Å². The average Bonchev–Trinajstić information content (AvgIpc) is 3.47. The number of aliphatic imine (C=N–C) groups is 1. The molecule has 1 aliphatic rings. The summed E-state index contributed by atoms with van der Waals surface area (Å²) >= 11 is 0. The SMILES string of the molecule is C=C/C(=N\c1cc(-c2cncc(NS(=O)(=O)c3ccccc3)c2)ccc1N)N1CCC(c2ccc(OC)cc2)C1. The quantitative estimate of drug-likeness (QED) is 0.161. The molecule has 0 bridgehead atoms. The van der Waals surface area contributed by atoms with Gasteiger partial charge >= 0.3 is 0 Å². The van der Waals surface area contributed by atoms with Gasteiger partial charge in [0.2, 0.25) is 0 Å². The van der Waals surface area contributed by atoms with Crippen LogP contribution in [0.3, 0.4) is 0 Å². The Hall–Kier alpha value is -4.63. The second kappa shape index (κ2) is 11.6. The number of hydrogen-bond acceptors (Lipinski definition) is 6. The highest BCUT2D eigenvalue weighted by Crippen LogP contribution is 2.33. The molecule has 9 heteroatoms. The lowest BCUT2D eigenvalue weighted by atomic mass is 9.98. The number of aromatic nitrogens is 1. The Bertz CT molecular complexity index is 1640. The number of likely N-dealkylation sites (tertiary alicyclic amines) is 1. The zero-order valence-corrected chi connectivity index (χ0v) is 23.0. The van der Waals surface area contributed by atoms with E-state index in [2.05, 4.69) is 33.3 Å². The maximum absolute atomic E-state index is 12.8. The van der Waals surface area contributed by atoms with E-state index in [1.165, 1.54) is 11.8 Å². The third kappa shape index (κ3) is 6.00. The second-order valence-corrected chi connectivity index (χ2v) is 11.2. The van der Waals surface area contributed by atoms with Crippen molar-refractivity contribution in [3.63, 3.8) is 0 Å². The van der Waals surface area contributed by atoms with Crippen molar-refractivity contribution in [3.8, 4) is 16.9 Å². The van der Waals surface area contributed by atoms with Crippen LogP contribution in [0, 0.1) is 0 Å². The molecule has 3 aromatic carbocycles. The molecule has 0 radical (unpaired) electrons. The van der Waals surface area contributed by atoms with Crippen LogP contribution in [0.25, 0.3) is 11.1 Å². The fourth-order valence-corrected chi connectivity index (χ4v) is 5.83. The van der Waals surface area contributed by atoms with Crippen LogP contribution in [0.1, 0.15) is 17.9 Å². The van der Waals surface area contributed by atoms with Crippen molar-refractivity contribution in [3.05, 3.63) is 109 Å². The highest BCUT2D eigenvalue weighted by atomic mass is 32.2. The molecular formula is C31H31N5O3S. The van der Waals surface area contributed by atoms with Gasteiger partial charge in [-0.15, -0.1) is 0 Å². The van der Waals surface area contributed by atoms with Crippen molar-refractivity contribution in [1.29, 1.82) is 0 Å². The highest BCUT2D eigenvalue weighted by molar-refractivity contribution is 7.92. The van der Waals surface area contributed by atoms with Gasteiger partial charge in [-0.25, -0.2) is 13.4 Å². The zero-order valence-electron chi connectivity index (χ0n) is 22.2. The molecule has 40 heavy (non-hydrogen) atoms. The Labute approximate surface area is 234 Å². The first kappa shape index (κ1) is 27.0. The number of ether oxygens (including phenoxy) is 1. The van der Waals surface area contributed by atoms with Gasteiger partial charge in [-0.3, -0.25) is 9.71 Å². The molecule has 1 fully saturated rings. The van der Waals surface area contributed by atoms with E-state index >= 15 is 0 Å². The molecule has 8 nitrogen and oxygen atoms in total. The normalized spacial score (nSPS) is 15.6. The first-order valence-electron chi connectivity index (χ1n) is 12.9. The van der Waals surface area contributed by atoms with Crippen LogP contribution in [-0.4, -0.2) is 44.3 Å². The standard InChI is InChI=1S/C31H31N5O3S/c1-3-31(36-16-15-24(21-36)22-9-12-27(39-2)13-10-22)34-30-18-23(11-14-29(30)32)25-17-26(20-33-19-25)35-40(37,38)28-7-5-4-6-8-28/h3-14,17-20,24,35H,1,15-16,21,32H2,2H3/b34-31+. The summed E-state index contributed by atoms with van der Waals surface area (Å²) in [6, 6.07) is 23.7. The van der Waals surface area contributed by atoms with E-state index < -0.39 is 10.0 Å². The second-order valence-electron chi connectivity index (χ2n) is 9.53. The van der Waals surface area contributed by atoms with Crippen molar-refractivity contribution < 1.29 is 13.2 Å². The van der Waals surface area contributed by atoms with Crippen LogP contribution in [0.5, 0.6) is 5.75 Å². The molecule has 204 valence electrons. The maximum Gasteiger partial charge on any atom is 0.261 e. The Morgan fingerprint density at radius 2 is 1.85 bits per heavy atom. The van der Waals surface area contributed by atoms with Crippen LogP contribution >= 0.6 is 0 Å². The fraction of sp³-hybridized carbons (Fsp3) is 0.161. The van der Waals surface area contributed by atoms with E-state index in [0.717, 1.165) is 42.2 Å². The number of rotatable bonds is 8. The van der Waals surface area contributed by atoms with Gasteiger partial charge in [0.15, 0.2) is 0 Å². The minimum atomic E-state index is -3.74. The summed E-state index contributed by atoms with van der Waals surface area (Å²) in [5.41, 5.74) is 10.6. The number of anilines is 2.